The van der Waals surface area contributed by atoms with Gasteiger partial charge in [-0.2, -0.15) is 5.10 Å². The van der Waals surface area contributed by atoms with Crippen molar-refractivity contribution in [2.45, 2.75) is 26.8 Å². The molecule has 0 N–H and O–H groups in total. The first-order valence-corrected chi connectivity index (χ1v) is 12.3. The van der Waals surface area contributed by atoms with Gasteiger partial charge in [0, 0.05) is 56.5 Å². The normalized spacial score (nSPS) is 14.5. The summed E-state index contributed by atoms with van der Waals surface area (Å²) >= 11 is 0. The number of carbonyl (C=O) groups is 1. The molecule has 0 saturated carbocycles. The summed E-state index contributed by atoms with van der Waals surface area (Å²) in [5, 5.41) is 7.83. The van der Waals surface area contributed by atoms with E-state index in [-0.39, 0.29) is 5.78 Å². The summed E-state index contributed by atoms with van der Waals surface area (Å²) in [4.78, 5) is 22.3. The van der Waals surface area contributed by atoms with Crippen LogP contribution >= 0.6 is 0 Å². The molecule has 7 heteroatoms. The highest BCUT2D eigenvalue weighted by molar-refractivity contribution is 5.98. The summed E-state index contributed by atoms with van der Waals surface area (Å²) in [7, 11) is 2.17. The van der Waals surface area contributed by atoms with Crippen LogP contribution in [0.25, 0.3) is 5.78 Å². The largest absolute Gasteiger partial charge is 0.304 e. The Kier molecular flexibility index (Phi) is 6.90. The van der Waals surface area contributed by atoms with E-state index in [0.29, 0.717) is 17.8 Å². The van der Waals surface area contributed by atoms with Crippen molar-refractivity contribution in [2.75, 3.05) is 33.2 Å². The van der Waals surface area contributed by atoms with Crippen molar-refractivity contribution in [2.24, 2.45) is 0 Å². The molecule has 5 rings (SSSR count). The highest BCUT2D eigenvalue weighted by Crippen LogP contribution is 2.17. The van der Waals surface area contributed by atoms with E-state index in [4.69, 9.17) is 0 Å². The van der Waals surface area contributed by atoms with Crippen LogP contribution in [0.2, 0.25) is 0 Å². The Hall–Kier alpha value is -3.86. The minimum Gasteiger partial charge on any atom is -0.304 e. The molecule has 182 valence electrons. The van der Waals surface area contributed by atoms with E-state index in [2.05, 4.69) is 69.0 Å². The lowest BCUT2D eigenvalue weighted by Gasteiger charge is -2.32. The zero-order valence-electron chi connectivity index (χ0n) is 21.0. The maximum absolute atomic E-state index is 13.2. The van der Waals surface area contributed by atoms with Gasteiger partial charge in [0.25, 0.3) is 5.78 Å². The van der Waals surface area contributed by atoms with Crippen LogP contribution < -0.4 is 0 Å². The summed E-state index contributed by atoms with van der Waals surface area (Å²) in [6, 6.07) is 12.3. The summed E-state index contributed by atoms with van der Waals surface area (Å²) in [5.74, 6) is 6.98. The zero-order valence-corrected chi connectivity index (χ0v) is 21.0. The van der Waals surface area contributed by atoms with E-state index in [9.17, 15) is 4.79 Å². The molecule has 2 aromatic carbocycles. The van der Waals surface area contributed by atoms with Crippen LogP contribution in [0, 0.1) is 25.7 Å². The smallest absolute Gasteiger partial charge is 0.254 e. The number of Topliss-reactive ketones (excluding diaryl/α,β-unsaturated/α-hetero) is 1. The molecule has 0 radical (unpaired) electrons. The van der Waals surface area contributed by atoms with Crippen molar-refractivity contribution in [3.05, 3.63) is 94.1 Å². The Morgan fingerprint density at radius 2 is 1.81 bits per heavy atom. The Morgan fingerprint density at radius 3 is 2.64 bits per heavy atom. The number of benzene rings is 2. The molecule has 1 fully saturated rings. The first-order valence-electron chi connectivity index (χ1n) is 12.3. The van der Waals surface area contributed by atoms with Crippen molar-refractivity contribution >= 4 is 11.6 Å². The van der Waals surface area contributed by atoms with Gasteiger partial charge < -0.3 is 4.90 Å². The van der Waals surface area contributed by atoms with Gasteiger partial charge >= 0.3 is 0 Å². The number of hydrogen-bond donors (Lipinski definition) is 0. The van der Waals surface area contributed by atoms with Crippen molar-refractivity contribution < 1.29 is 4.79 Å². The van der Waals surface area contributed by atoms with Crippen LogP contribution in [0.5, 0.6) is 0 Å². The first kappa shape index (κ1) is 23.9. The summed E-state index contributed by atoms with van der Waals surface area (Å²) in [5.41, 5.74) is 6.78. The quantitative estimate of drug-likeness (QED) is 0.324. The molecule has 3 heterocycles. The number of likely N-dealkylation sites (N-methyl/N-ethyl adjacent to an activating group) is 1. The number of rotatable bonds is 5. The van der Waals surface area contributed by atoms with Crippen molar-refractivity contribution in [1.29, 1.82) is 0 Å². The molecular formula is C29H30N6O. The summed E-state index contributed by atoms with van der Waals surface area (Å²) in [6.07, 6.45) is 5.44. The minimum atomic E-state index is 0.0966. The van der Waals surface area contributed by atoms with E-state index < -0.39 is 0 Å². The molecule has 0 amide bonds. The molecule has 0 unspecified atom stereocenters. The lowest BCUT2D eigenvalue weighted by atomic mass is 9.97. The number of fused-ring (bicyclic) bond motifs is 1. The fourth-order valence-electron chi connectivity index (χ4n) is 4.60. The van der Waals surface area contributed by atoms with E-state index in [1.807, 2.05) is 25.1 Å². The topological polar surface area (TPSA) is 66.6 Å². The van der Waals surface area contributed by atoms with Crippen LogP contribution in [-0.2, 0) is 13.0 Å². The van der Waals surface area contributed by atoms with Gasteiger partial charge in [0.15, 0.2) is 5.78 Å². The molecule has 0 spiro atoms. The Balaban J connectivity index is 1.32. The van der Waals surface area contributed by atoms with Crippen LogP contribution in [-0.4, -0.2) is 68.4 Å². The molecule has 0 bridgehead atoms. The summed E-state index contributed by atoms with van der Waals surface area (Å²) in [6.45, 7) is 9.39. The van der Waals surface area contributed by atoms with Crippen LogP contribution in [0.4, 0.5) is 0 Å². The number of aromatic nitrogens is 4. The lowest BCUT2D eigenvalue weighted by Crippen LogP contribution is -2.43. The SMILES string of the molecule is Cc1cc(CC(=O)c2ccc(C)c(C#Cc3cnc4nnccn34)c2)cc(CN2CCN(C)CC2)c1. The second kappa shape index (κ2) is 10.4. The standard InChI is InChI=1S/C29H30N6O/c1-21-14-23(16-24(15-21)20-34-12-10-33(3)11-13-34)17-28(36)26-5-4-22(2)25(18-26)6-7-27-19-30-29-32-31-8-9-35(27)29/h4-5,8-9,14-16,18-19H,10-13,17,20H2,1-3H3. The number of aryl methyl sites for hydroxylation is 2. The summed E-state index contributed by atoms with van der Waals surface area (Å²) < 4.78 is 1.79. The first-order chi connectivity index (χ1) is 17.4. The molecule has 1 saturated heterocycles. The second-order valence-electron chi connectivity index (χ2n) is 9.61. The van der Waals surface area contributed by atoms with Gasteiger partial charge in [-0.25, -0.2) is 4.98 Å². The van der Waals surface area contributed by atoms with Gasteiger partial charge in [0.05, 0.1) is 12.4 Å². The third-order valence-corrected chi connectivity index (χ3v) is 6.66. The Labute approximate surface area is 211 Å². The van der Waals surface area contributed by atoms with Gasteiger partial charge in [0.2, 0.25) is 0 Å². The highest BCUT2D eigenvalue weighted by Gasteiger charge is 2.15. The molecular weight excluding hydrogens is 448 g/mol. The van der Waals surface area contributed by atoms with Crippen molar-refractivity contribution in [1.82, 2.24) is 29.4 Å². The maximum Gasteiger partial charge on any atom is 0.254 e. The second-order valence-corrected chi connectivity index (χ2v) is 9.61. The van der Waals surface area contributed by atoms with Crippen LogP contribution in [0.15, 0.2) is 55.0 Å². The average molecular weight is 479 g/mol. The third kappa shape index (κ3) is 5.51. The number of imidazole rings is 1. The number of hydrogen-bond acceptors (Lipinski definition) is 6. The molecule has 1 aliphatic rings. The Bertz CT molecular complexity index is 1470. The average Bonchev–Trinajstić information content (AvgIpc) is 3.28. The molecule has 0 atom stereocenters. The van der Waals surface area contributed by atoms with Gasteiger partial charge in [0.1, 0.15) is 5.69 Å². The van der Waals surface area contributed by atoms with Gasteiger partial charge in [-0.1, -0.05) is 41.8 Å². The van der Waals surface area contributed by atoms with Gasteiger partial charge in [-0.15, -0.1) is 5.10 Å². The van der Waals surface area contributed by atoms with Crippen molar-refractivity contribution in [3.8, 4) is 11.8 Å². The third-order valence-electron chi connectivity index (χ3n) is 6.66. The monoisotopic (exact) mass is 478 g/mol. The highest BCUT2D eigenvalue weighted by atomic mass is 16.1. The molecule has 0 aliphatic carbocycles. The number of carbonyl (C=O) groups excluding carboxylic acids is 1. The molecule has 36 heavy (non-hydrogen) atoms. The van der Waals surface area contributed by atoms with E-state index in [1.54, 1.807) is 23.0 Å². The van der Waals surface area contributed by atoms with Gasteiger partial charge in [-0.05, 0) is 49.6 Å². The van der Waals surface area contributed by atoms with E-state index in [1.165, 1.54) is 11.1 Å². The van der Waals surface area contributed by atoms with Crippen LogP contribution in [0.3, 0.4) is 0 Å². The number of ketones is 1. The predicted molar refractivity (Wildman–Crippen MR) is 140 cm³/mol. The van der Waals surface area contributed by atoms with E-state index >= 15 is 0 Å². The van der Waals surface area contributed by atoms with Crippen LogP contribution in [0.1, 0.15) is 43.9 Å². The minimum absolute atomic E-state index is 0.0966. The zero-order chi connectivity index (χ0) is 25.1. The van der Waals surface area contributed by atoms with Gasteiger partial charge in [-0.3, -0.25) is 14.1 Å². The predicted octanol–water partition coefficient (Wildman–Crippen LogP) is 3.31. The fourth-order valence-corrected chi connectivity index (χ4v) is 4.60. The van der Waals surface area contributed by atoms with E-state index in [0.717, 1.165) is 55.1 Å². The maximum atomic E-state index is 13.2. The molecule has 7 nitrogen and oxygen atoms in total. The lowest BCUT2D eigenvalue weighted by molar-refractivity contribution is 0.0993. The Morgan fingerprint density at radius 1 is 1.00 bits per heavy atom. The molecule has 4 aromatic rings. The number of piperazine rings is 1. The number of nitrogens with zero attached hydrogens (tertiary/aromatic N) is 6. The molecule has 1 aliphatic heterocycles. The molecule has 2 aromatic heterocycles. The van der Waals surface area contributed by atoms with Crippen molar-refractivity contribution in [3.63, 3.8) is 0 Å². The fraction of sp³-hybridized carbons (Fsp3) is 0.310.